The maximum Gasteiger partial charge on any atom is 0.334 e. The molecule has 0 unspecified atom stereocenters. The fraction of sp³-hybridized carbons (Fsp3) is 0.667. The van der Waals surface area contributed by atoms with E-state index in [1.165, 1.54) is 4.90 Å². The number of carboxylic acid groups (broad SMARTS) is 1. The van der Waals surface area contributed by atoms with Gasteiger partial charge in [-0.05, 0) is 14.1 Å². The Balaban J connectivity index is 2.23. The molecule has 2 rings (SSSR count). The van der Waals surface area contributed by atoms with Gasteiger partial charge in [0.25, 0.3) is 0 Å². The minimum atomic E-state index is -1.25. The topological polar surface area (TPSA) is 77.9 Å². The van der Waals surface area contributed by atoms with Crippen molar-refractivity contribution in [3.8, 4) is 0 Å². The minimum absolute atomic E-state index is 0.158. The summed E-state index contributed by atoms with van der Waals surface area (Å²) in [5.74, 6) is -1.86. The molecule has 82 valence electrons. The zero-order chi connectivity index (χ0) is 11.3. The summed E-state index contributed by atoms with van der Waals surface area (Å²) in [5.41, 5.74) is 0. The van der Waals surface area contributed by atoms with Gasteiger partial charge in [0.2, 0.25) is 5.91 Å². The second kappa shape index (κ2) is 3.03. The fourth-order valence-corrected chi connectivity index (χ4v) is 2.37. The molecule has 0 bridgehead atoms. The molecule has 0 aromatic carbocycles. The van der Waals surface area contributed by atoms with E-state index in [4.69, 9.17) is 5.11 Å². The minimum Gasteiger partial charge on any atom is -0.479 e. The Bertz CT molecular complexity index is 352. The Morgan fingerprint density at radius 2 is 2.07 bits per heavy atom. The van der Waals surface area contributed by atoms with Crippen LogP contribution in [-0.2, 0) is 14.4 Å². The number of carboxylic acids is 1. The SMILES string of the molecule is CN(C)[C@H]1C(=O)N2[C@@H](C(=O)O)C(=O)C[C@H]12. The van der Waals surface area contributed by atoms with Gasteiger partial charge in [0, 0.05) is 6.42 Å². The van der Waals surface area contributed by atoms with Crippen LogP contribution in [0.3, 0.4) is 0 Å². The van der Waals surface area contributed by atoms with Crippen molar-refractivity contribution in [2.75, 3.05) is 14.1 Å². The molecule has 6 nitrogen and oxygen atoms in total. The Kier molecular flexibility index (Phi) is 2.04. The first kappa shape index (κ1) is 10.1. The highest BCUT2D eigenvalue weighted by Crippen LogP contribution is 2.35. The van der Waals surface area contributed by atoms with Crippen molar-refractivity contribution < 1.29 is 19.5 Å². The van der Waals surface area contributed by atoms with E-state index < -0.39 is 12.0 Å². The molecule has 0 spiro atoms. The number of amides is 1. The van der Waals surface area contributed by atoms with E-state index in [0.29, 0.717) is 0 Å². The van der Waals surface area contributed by atoms with Gasteiger partial charge in [-0.2, -0.15) is 0 Å². The smallest absolute Gasteiger partial charge is 0.334 e. The van der Waals surface area contributed by atoms with Gasteiger partial charge in [0.05, 0.1) is 6.04 Å². The summed E-state index contributed by atoms with van der Waals surface area (Å²) in [5, 5.41) is 8.82. The highest BCUT2D eigenvalue weighted by molar-refractivity contribution is 6.11. The molecule has 2 heterocycles. The zero-order valence-corrected chi connectivity index (χ0v) is 8.51. The number of carbonyl (C=O) groups excluding carboxylic acids is 2. The lowest BCUT2D eigenvalue weighted by Gasteiger charge is -2.46. The third-order valence-electron chi connectivity index (χ3n) is 3.01. The van der Waals surface area contributed by atoms with Crippen LogP contribution in [0.1, 0.15) is 6.42 Å². The standard InChI is InChI=1S/C9H12N2O4/c1-10(2)6-4-3-5(12)7(9(14)15)11(4)8(6)13/h4,6-7H,3H2,1-2H3,(H,14,15)/t4-,6-,7-/m1/s1. The molecule has 0 aromatic rings. The number of Topliss-reactive ketones (excluding diaryl/α,β-unsaturated/α-hetero) is 1. The van der Waals surface area contributed by atoms with Crippen LogP contribution in [0.25, 0.3) is 0 Å². The predicted octanol–water partition coefficient (Wildman–Crippen LogP) is -1.45. The Hall–Kier alpha value is -1.43. The Morgan fingerprint density at radius 3 is 2.53 bits per heavy atom. The molecule has 0 radical (unpaired) electrons. The average Bonchev–Trinajstić information content (AvgIpc) is 2.38. The van der Waals surface area contributed by atoms with Crippen molar-refractivity contribution >= 4 is 17.7 Å². The van der Waals surface area contributed by atoms with E-state index in [1.807, 2.05) is 0 Å². The van der Waals surface area contributed by atoms with E-state index >= 15 is 0 Å². The summed E-state index contributed by atoms with van der Waals surface area (Å²) < 4.78 is 0. The van der Waals surface area contributed by atoms with Crippen LogP contribution in [-0.4, -0.2) is 64.8 Å². The molecule has 0 aromatic heterocycles. The molecule has 0 saturated carbocycles. The first-order chi connectivity index (χ1) is 6.95. The molecule has 3 atom stereocenters. The summed E-state index contributed by atoms with van der Waals surface area (Å²) in [6.07, 6.45) is 0.158. The van der Waals surface area contributed by atoms with Crippen molar-refractivity contribution in [1.82, 2.24) is 9.80 Å². The number of rotatable bonds is 2. The largest absolute Gasteiger partial charge is 0.479 e. The highest BCUT2D eigenvalue weighted by atomic mass is 16.4. The van der Waals surface area contributed by atoms with E-state index in [2.05, 4.69) is 0 Å². The molecule has 2 saturated heterocycles. The molecule has 1 N–H and O–H groups in total. The van der Waals surface area contributed by atoms with Crippen molar-refractivity contribution in [3.63, 3.8) is 0 Å². The van der Waals surface area contributed by atoms with Crippen molar-refractivity contribution in [3.05, 3.63) is 0 Å². The molecule has 2 fully saturated rings. The maximum absolute atomic E-state index is 11.6. The van der Waals surface area contributed by atoms with E-state index in [1.54, 1.807) is 19.0 Å². The number of hydrogen-bond acceptors (Lipinski definition) is 4. The third kappa shape index (κ3) is 1.18. The summed E-state index contributed by atoms with van der Waals surface area (Å²) in [4.78, 5) is 36.7. The van der Waals surface area contributed by atoms with Crippen LogP contribution in [0, 0.1) is 0 Å². The lowest BCUT2D eigenvalue weighted by atomic mass is 9.95. The number of β-lactam (4-membered cyclic amide) rings is 1. The lowest BCUT2D eigenvalue weighted by molar-refractivity contribution is -0.165. The summed E-state index contributed by atoms with van der Waals surface area (Å²) in [7, 11) is 3.50. The molecule has 1 amide bonds. The van der Waals surface area contributed by atoms with Crippen LogP contribution >= 0.6 is 0 Å². The second-order valence-electron chi connectivity index (χ2n) is 4.13. The summed E-state index contributed by atoms with van der Waals surface area (Å²) in [6, 6.07) is -1.84. The monoisotopic (exact) mass is 212 g/mol. The average molecular weight is 212 g/mol. The van der Waals surface area contributed by atoms with Crippen LogP contribution in [0.4, 0.5) is 0 Å². The number of nitrogens with zero attached hydrogens (tertiary/aromatic N) is 2. The molecule has 6 heteroatoms. The Labute approximate surface area is 86.4 Å². The van der Waals surface area contributed by atoms with Crippen LogP contribution in [0.2, 0.25) is 0 Å². The van der Waals surface area contributed by atoms with Gasteiger partial charge in [0.1, 0.15) is 6.04 Å². The summed E-state index contributed by atoms with van der Waals surface area (Å²) in [6.45, 7) is 0. The molecule has 2 aliphatic rings. The van der Waals surface area contributed by atoms with Crippen LogP contribution in [0.15, 0.2) is 0 Å². The third-order valence-corrected chi connectivity index (χ3v) is 3.01. The fourth-order valence-electron chi connectivity index (χ4n) is 2.37. The van der Waals surface area contributed by atoms with Gasteiger partial charge >= 0.3 is 5.97 Å². The molecular weight excluding hydrogens is 200 g/mol. The first-order valence-corrected chi connectivity index (χ1v) is 4.69. The molecular formula is C9H12N2O4. The van der Waals surface area contributed by atoms with Crippen molar-refractivity contribution in [1.29, 1.82) is 0 Å². The molecule has 0 aliphatic carbocycles. The normalized spacial score (nSPS) is 34.3. The number of ketones is 1. The van der Waals surface area contributed by atoms with E-state index in [-0.39, 0.29) is 30.2 Å². The van der Waals surface area contributed by atoms with Gasteiger partial charge in [-0.15, -0.1) is 0 Å². The number of fused-ring (bicyclic) bond motifs is 1. The maximum atomic E-state index is 11.6. The second-order valence-corrected chi connectivity index (χ2v) is 4.13. The van der Waals surface area contributed by atoms with E-state index in [9.17, 15) is 14.4 Å². The van der Waals surface area contributed by atoms with E-state index in [0.717, 1.165) is 0 Å². The molecule has 2 aliphatic heterocycles. The van der Waals surface area contributed by atoms with Crippen LogP contribution in [0.5, 0.6) is 0 Å². The van der Waals surface area contributed by atoms with Crippen molar-refractivity contribution in [2.45, 2.75) is 24.5 Å². The Morgan fingerprint density at radius 1 is 1.47 bits per heavy atom. The van der Waals surface area contributed by atoms with Crippen molar-refractivity contribution in [2.24, 2.45) is 0 Å². The number of carbonyl (C=O) groups is 3. The number of likely N-dealkylation sites (N-methyl/N-ethyl adjacent to an activating group) is 1. The van der Waals surface area contributed by atoms with Gasteiger partial charge in [0.15, 0.2) is 11.8 Å². The molecule has 15 heavy (non-hydrogen) atoms. The van der Waals surface area contributed by atoms with Gasteiger partial charge in [-0.3, -0.25) is 14.5 Å². The highest BCUT2D eigenvalue weighted by Gasteiger charge is 2.60. The summed E-state index contributed by atoms with van der Waals surface area (Å²) >= 11 is 0. The quantitative estimate of drug-likeness (QED) is 0.447. The number of aliphatic carboxylic acids is 1. The predicted molar refractivity (Wildman–Crippen MR) is 49.2 cm³/mol. The zero-order valence-electron chi connectivity index (χ0n) is 8.51. The van der Waals surface area contributed by atoms with Gasteiger partial charge in [-0.25, -0.2) is 4.79 Å². The van der Waals surface area contributed by atoms with Gasteiger partial charge < -0.3 is 10.0 Å². The number of hydrogen-bond donors (Lipinski definition) is 1. The van der Waals surface area contributed by atoms with Gasteiger partial charge in [-0.1, -0.05) is 0 Å². The first-order valence-electron chi connectivity index (χ1n) is 4.69. The van der Waals surface area contributed by atoms with Crippen LogP contribution < -0.4 is 0 Å². The lowest BCUT2D eigenvalue weighted by Crippen LogP contribution is -2.69.